The van der Waals surface area contributed by atoms with Gasteiger partial charge in [-0.3, -0.25) is 4.57 Å². The minimum absolute atomic E-state index is 0.0540. The lowest BCUT2D eigenvalue weighted by molar-refractivity contribution is -0.875. The Kier molecular flexibility index (Phi) is 17.7. The Morgan fingerprint density at radius 2 is 1.06 bits per heavy atom. The first kappa shape index (κ1) is 31.6. The maximum atomic E-state index is 11.8. The van der Waals surface area contributed by atoms with E-state index >= 15 is 0 Å². The van der Waals surface area contributed by atoms with Crippen molar-refractivity contribution in [3.05, 3.63) is 24.3 Å². The largest absolute Gasteiger partial charge is 0.373 e. The number of hydrogen-bond acceptors (Lipinski definition) is 2. The van der Waals surface area contributed by atoms with Gasteiger partial charge < -0.3 is 19.4 Å². The summed E-state index contributed by atoms with van der Waals surface area (Å²) >= 11 is 0. The third-order valence-electron chi connectivity index (χ3n) is 5.75. The normalized spacial score (nSPS) is 15.1. The molecule has 32 heavy (non-hydrogen) atoms. The first-order valence-electron chi connectivity index (χ1n) is 12.9. The quantitative estimate of drug-likeness (QED) is 0.0729. The van der Waals surface area contributed by atoms with E-state index in [4.69, 9.17) is 0 Å². The van der Waals surface area contributed by atoms with Crippen LogP contribution in [-0.4, -0.2) is 52.4 Å². The lowest BCUT2D eigenvalue weighted by Gasteiger charge is -2.35. The van der Waals surface area contributed by atoms with Gasteiger partial charge >= 0.3 is 7.60 Å². The van der Waals surface area contributed by atoms with Gasteiger partial charge in [-0.1, -0.05) is 76.2 Å². The van der Waals surface area contributed by atoms with E-state index in [9.17, 15) is 19.5 Å². The van der Waals surface area contributed by atoms with Crippen LogP contribution < -0.4 is 0 Å². The molecule has 1 unspecified atom stereocenters. The van der Waals surface area contributed by atoms with Crippen LogP contribution in [-0.2, 0) is 4.57 Å². The lowest BCUT2D eigenvalue weighted by atomic mass is 10.1. The number of quaternary nitrogens is 1. The Bertz CT molecular complexity index is 551. The fourth-order valence-corrected chi connectivity index (χ4v) is 5.03. The highest BCUT2D eigenvalue weighted by atomic mass is 31.2. The molecule has 6 heteroatoms. The molecule has 3 N–H and O–H groups in total. The number of aliphatic hydroxyl groups is 1. The fraction of sp³-hybridized carbons (Fsp3) is 0.846. The molecule has 0 radical (unpaired) electrons. The van der Waals surface area contributed by atoms with Crippen molar-refractivity contribution in [2.24, 2.45) is 0 Å². The highest BCUT2D eigenvalue weighted by Crippen LogP contribution is 2.52. The summed E-state index contributed by atoms with van der Waals surface area (Å²) < 4.78 is 12.1. The summed E-state index contributed by atoms with van der Waals surface area (Å²) in [4.78, 5) is 19.2. The van der Waals surface area contributed by atoms with E-state index < -0.39 is 12.9 Å². The third kappa shape index (κ3) is 18.0. The second-order valence-corrected chi connectivity index (χ2v) is 12.3. The molecule has 0 heterocycles. The van der Waals surface area contributed by atoms with E-state index in [1.807, 2.05) is 21.1 Å². The molecule has 0 aliphatic rings. The van der Waals surface area contributed by atoms with Gasteiger partial charge in [-0.2, -0.15) is 0 Å². The second-order valence-electron chi connectivity index (χ2n) is 10.4. The molecule has 0 aromatic heterocycles. The van der Waals surface area contributed by atoms with Gasteiger partial charge in [-0.05, 0) is 57.8 Å². The molecule has 0 spiro atoms. The van der Waals surface area contributed by atoms with E-state index in [2.05, 4.69) is 31.2 Å². The van der Waals surface area contributed by atoms with Crippen LogP contribution in [0.5, 0.6) is 0 Å². The first-order valence-corrected chi connectivity index (χ1v) is 14.5. The zero-order valence-corrected chi connectivity index (χ0v) is 22.4. The topological polar surface area (TPSA) is 77.8 Å². The Hall–Kier alpha value is -0.450. The molecule has 0 amide bonds. The molecule has 0 aliphatic heterocycles. The molecule has 0 rings (SSSR count). The van der Waals surface area contributed by atoms with Gasteiger partial charge in [0.25, 0.3) is 0 Å². The standard InChI is InChI=1S/C26H52NO4P/c1-5-6-7-8-9-10-11-12-13-14-15-16-17-18-19-20-21-22-23-24-26(28,32(29,30)31)25-27(2,3)4/h7-8,16-17,28H,5-6,9-15,18-25H2,1-4H3,(H-,29,30,31)/p+1/b8-7-,17-16-. The maximum Gasteiger partial charge on any atom is 0.362 e. The van der Waals surface area contributed by atoms with Crippen LogP contribution in [0, 0.1) is 0 Å². The second kappa shape index (κ2) is 18.0. The van der Waals surface area contributed by atoms with E-state index in [1.54, 1.807) is 0 Å². The van der Waals surface area contributed by atoms with Crippen LogP contribution in [0.25, 0.3) is 0 Å². The Balaban J connectivity index is 3.65. The van der Waals surface area contributed by atoms with Crippen molar-refractivity contribution in [1.82, 2.24) is 0 Å². The summed E-state index contributed by atoms with van der Waals surface area (Å²) in [5, 5.41) is 8.62. The van der Waals surface area contributed by atoms with Gasteiger partial charge in [0, 0.05) is 0 Å². The summed E-state index contributed by atoms with van der Waals surface area (Å²) in [7, 11) is 0.957. The number of likely N-dealkylation sites (N-methyl/N-ethyl adjacent to an activating group) is 1. The average Bonchev–Trinajstić information content (AvgIpc) is 2.67. The van der Waals surface area contributed by atoms with Crippen LogP contribution in [0.3, 0.4) is 0 Å². The molecule has 0 saturated carbocycles. The van der Waals surface area contributed by atoms with Gasteiger partial charge in [0.05, 0.1) is 21.1 Å². The van der Waals surface area contributed by atoms with Gasteiger partial charge in [0.2, 0.25) is 5.34 Å². The van der Waals surface area contributed by atoms with Gasteiger partial charge in [0.15, 0.2) is 0 Å². The fourth-order valence-electron chi connectivity index (χ4n) is 3.97. The highest BCUT2D eigenvalue weighted by Gasteiger charge is 2.48. The molecule has 0 aromatic carbocycles. The third-order valence-corrected chi connectivity index (χ3v) is 7.20. The number of rotatable bonds is 21. The molecular weight excluding hydrogens is 421 g/mol. The van der Waals surface area contributed by atoms with Crippen molar-refractivity contribution < 1.29 is 23.9 Å². The van der Waals surface area contributed by atoms with E-state index in [0.29, 0.717) is 10.9 Å². The molecule has 0 bridgehead atoms. The Labute approximate surface area is 198 Å². The highest BCUT2D eigenvalue weighted by molar-refractivity contribution is 7.53. The zero-order valence-electron chi connectivity index (χ0n) is 21.5. The molecule has 0 aliphatic carbocycles. The monoisotopic (exact) mass is 474 g/mol. The summed E-state index contributed by atoms with van der Waals surface area (Å²) in [6.45, 7) is 2.27. The molecular formula is C26H53NO4P+. The Morgan fingerprint density at radius 3 is 1.44 bits per heavy atom. The Morgan fingerprint density at radius 1 is 0.688 bits per heavy atom. The summed E-state index contributed by atoms with van der Waals surface area (Å²) in [5.74, 6) is 0. The molecule has 190 valence electrons. The first-order chi connectivity index (χ1) is 15.0. The van der Waals surface area contributed by atoms with Crippen molar-refractivity contribution in [3.63, 3.8) is 0 Å². The minimum atomic E-state index is -4.55. The molecule has 0 fully saturated rings. The molecule has 1 atom stereocenters. The van der Waals surface area contributed by atoms with Gasteiger partial charge in [-0.15, -0.1) is 0 Å². The maximum absolute atomic E-state index is 11.8. The zero-order chi connectivity index (χ0) is 24.3. The number of unbranched alkanes of at least 4 members (excludes halogenated alkanes) is 12. The van der Waals surface area contributed by atoms with Crippen molar-refractivity contribution in [3.8, 4) is 0 Å². The minimum Gasteiger partial charge on any atom is -0.373 e. The average molecular weight is 475 g/mol. The van der Waals surface area contributed by atoms with Gasteiger partial charge in [-0.25, -0.2) is 0 Å². The van der Waals surface area contributed by atoms with Crippen LogP contribution in [0.2, 0.25) is 0 Å². The summed E-state index contributed by atoms with van der Waals surface area (Å²) in [6.07, 6.45) is 26.9. The number of allylic oxidation sites excluding steroid dienone is 4. The molecule has 5 nitrogen and oxygen atoms in total. The van der Waals surface area contributed by atoms with Crippen LogP contribution in [0.1, 0.15) is 110 Å². The van der Waals surface area contributed by atoms with E-state index in [-0.39, 0.29) is 13.0 Å². The molecule has 0 saturated heterocycles. The van der Waals surface area contributed by atoms with Crippen molar-refractivity contribution >= 4 is 7.60 Å². The van der Waals surface area contributed by atoms with Gasteiger partial charge in [0.1, 0.15) is 6.54 Å². The van der Waals surface area contributed by atoms with Crippen molar-refractivity contribution in [1.29, 1.82) is 0 Å². The van der Waals surface area contributed by atoms with E-state index in [1.165, 1.54) is 57.8 Å². The number of hydrogen-bond donors (Lipinski definition) is 3. The van der Waals surface area contributed by atoms with Crippen molar-refractivity contribution in [2.45, 2.75) is 115 Å². The lowest BCUT2D eigenvalue weighted by Crippen LogP contribution is -2.49. The predicted molar refractivity (Wildman–Crippen MR) is 138 cm³/mol. The number of nitrogens with zero attached hydrogens (tertiary/aromatic N) is 1. The van der Waals surface area contributed by atoms with Crippen LogP contribution in [0.4, 0.5) is 0 Å². The SMILES string of the molecule is CCC/C=C\CCCCCCC/C=C\CCCCCCCC(O)(C[N+](C)(C)C)P(=O)(O)O. The van der Waals surface area contributed by atoms with Crippen LogP contribution >= 0.6 is 7.60 Å². The smallest absolute Gasteiger partial charge is 0.362 e. The van der Waals surface area contributed by atoms with Crippen molar-refractivity contribution in [2.75, 3.05) is 27.7 Å². The summed E-state index contributed by atoms with van der Waals surface area (Å²) in [5.41, 5.74) is 0. The van der Waals surface area contributed by atoms with E-state index in [0.717, 1.165) is 32.1 Å². The predicted octanol–water partition coefficient (Wildman–Crippen LogP) is 6.93. The van der Waals surface area contributed by atoms with Crippen LogP contribution in [0.15, 0.2) is 24.3 Å². The molecule has 0 aromatic rings. The summed E-state index contributed by atoms with van der Waals surface area (Å²) in [6, 6.07) is 0.